The van der Waals surface area contributed by atoms with Gasteiger partial charge in [-0.15, -0.1) is 11.3 Å². The van der Waals surface area contributed by atoms with E-state index in [-0.39, 0.29) is 16.9 Å². The van der Waals surface area contributed by atoms with Gasteiger partial charge in [-0.3, -0.25) is 4.79 Å². The maximum absolute atomic E-state index is 15.1. The van der Waals surface area contributed by atoms with Gasteiger partial charge in [0.25, 0.3) is 0 Å². The first kappa shape index (κ1) is 34.6. The Bertz CT molecular complexity index is 1170. The van der Waals surface area contributed by atoms with E-state index in [1.54, 1.807) is 13.8 Å². The Morgan fingerprint density at radius 1 is 1.20 bits per heavy atom. The second kappa shape index (κ2) is 16.8. The van der Waals surface area contributed by atoms with Gasteiger partial charge < -0.3 is 10.2 Å². The fourth-order valence-corrected chi connectivity index (χ4v) is 7.27. The average Bonchev–Trinajstić information content (AvgIpc) is 3.61. The second-order valence-corrected chi connectivity index (χ2v) is 12.5. The van der Waals surface area contributed by atoms with Gasteiger partial charge >= 0.3 is 0 Å². The molecule has 0 unspecified atom stereocenters. The predicted octanol–water partition coefficient (Wildman–Crippen LogP) is 9.78. The highest BCUT2D eigenvalue weighted by Crippen LogP contribution is 2.49. The van der Waals surface area contributed by atoms with Crippen molar-refractivity contribution >= 4 is 28.7 Å². The second-order valence-electron chi connectivity index (χ2n) is 11.4. The third kappa shape index (κ3) is 9.47. The molecule has 1 N–H and O–H groups in total. The summed E-state index contributed by atoms with van der Waals surface area (Å²) in [7, 11) is 2.17. The number of amidine groups is 1. The van der Waals surface area contributed by atoms with Crippen LogP contribution in [-0.4, -0.2) is 36.7 Å². The first-order valence-corrected chi connectivity index (χ1v) is 16.1. The molecule has 6 heteroatoms. The molecule has 0 atom stereocenters. The Hall–Kier alpha value is -2.57. The SMILES string of the molecule is C=C/C(F)=C(\N=C(C)NC(=C)/C=C\C(=C/C)C1CCN(C)CC1)c1cc(C(C)=O)c(C2(CC)CCCC2)s1.CCC. The molecule has 0 spiro atoms. The predicted molar refractivity (Wildman–Crippen MR) is 177 cm³/mol. The number of thiophene rings is 1. The molecule has 41 heavy (non-hydrogen) atoms. The maximum Gasteiger partial charge on any atom is 0.160 e. The summed E-state index contributed by atoms with van der Waals surface area (Å²) in [6.07, 6.45) is 16.4. The Morgan fingerprint density at radius 2 is 1.80 bits per heavy atom. The molecule has 0 radical (unpaired) electrons. The molecular formula is C35H52FN3OS. The van der Waals surface area contributed by atoms with Crippen molar-refractivity contribution in [2.45, 2.75) is 98.3 Å². The lowest BCUT2D eigenvalue weighted by molar-refractivity contribution is 0.101. The number of nitrogens with zero attached hydrogens (tertiary/aromatic N) is 2. The number of nitrogens with one attached hydrogen (secondary N) is 1. The van der Waals surface area contributed by atoms with Crippen LogP contribution in [0.5, 0.6) is 0 Å². The van der Waals surface area contributed by atoms with Crippen molar-refractivity contribution in [3.05, 3.63) is 75.9 Å². The summed E-state index contributed by atoms with van der Waals surface area (Å²) >= 11 is 1.51. The van der Waals surface area contributed by atoms with Gasteiger partial charge in [0.1, 0.15) is 17.4 Å². The normalized spacial score (nSPS) is 19.0. The van der Waals surface area contributed by atoms with E-state index in [2.05, 4.69) is 75.3 Å². The molecule has 226 valence electrons. The van der Waals surface area contributed by atoms with Crippen molar-refractivity contribution < 1.29 is 9.18 Å². The van der Waals surface area contributed by atoms with Gasteiger partial charge in [0.05, 0.1) is 4.88 Å². The number of piperidine rings is 1. The van der Waals surface area contributed by atoms with Crippen LogP contribution in [0.15, 0.2) is 65.6 Å². The molecule has 1 saturated heterocycles. The first-order chi connectivity index (χ1) is 19.5. The quantitative estimate of drug-likeness (QED) is 0.129. The summed E-state index contributed by atoms with van der Waals surface area (Å²) in [6, 6.07) is 1.82. The standard InChI is InChI=1S/C32H44FN3OS.C3H8/c1-8-25(26-15-19-36(7)20-16-26)14-13-22(4)34-24(6)35-30(28(33)9-2)29-21-27(23(5)37)31(38-29)32(10-3)17-11-12-18-32;1-3-2/h8-9,13-14,21,26H,2,4,10-12,15-20H2,1,3,5-7H3,(H,34,35);3H2,1-2H3/b14-13-,25-8+,30-28+;. The highest BCUT2D eigenvalue weighted by Gasteiger charge is 2.38. The van der Waals surface area contributed by atoms with Gasteiger partial charge in [-0.2, -0.15) is 0 Å². The Morgan fingerprint density at radius 3 is 2.32 bits per heavy atom. The van der Waals surface area contributed by atoms with Gasteiger partial charge in [0.15, 0.2) is 5.78 Å². The average molecular weight is 582 g/mol. The zero-order chi connectivity index (χ0) is 30.6. The van der Waals surface area contributed by atoms with Gasteiger partial charge in [-0.05, 0) is 103 Å². The minimum absolute atomic E-state index is 0.00593. The lowest BCUT2D eigenvalue weighted by Crippen LogP contribution is -2.30. The highest BCUT2D eigenvalue weighted by molar-refractivity contribution is 7.13. The van der Waals surface area contributed by atoms with Crippen LogP contribution >= 0.6 is 11.3 Å². The number of rotatable bonds is 10. The number of hydrogen-bond acceptors (Lipinski definition) is 4. The van der Waals surface area contributed by atoms with E-state index >= 15 is 4.39 Å². The molecule has 0 amide bonds. The maximum atomic E-state index is 15.1. The smallest absolute Gasteiger partial charge is 0.160 e. The van der Waals surface area contributed by atoms with Crippen molar-refractivity contribution in [2.24, 2.45) is 10.9 Å². The Kier molecular flexibility index (Phi) is 14.2. The molecule has 1 saturated carbocycles. The topological polar surface area (TPSA) is 44.7 Å². The van der Waals surface area contributed by atoms with Crippen LogP contribution in [0.4, 0.5) is 4.39 Å². The van der Waals surface area contributed by atoms with E-state index in [0.29, 0.717) is 27.9 Å². The number of aliphatic imine (C=N–C) groups is 1. The molecule has 1 aliphatic carbocycles. The summed E-state index contributed by atoms with van der Waals surface area (Å²) < 4.78 is 15.1. The molecular weight excluding hydrogens is 529 g/mol. The number of halogens is 1. The number of carbonyl (C=O) groups is 1. The fraction of sp³-hybridized carbons (Fsp3) is 0.543. The number of hydrogen-bond donors (Lipinski definition) is 1. The Balaban J connectivity index is 0.00000187. The third-order valence-corrected chi connectivity index (χ3v) is 9.48. The van der Waals surface area contributed by atoms with E-state index in [9.17, 15) is 4.79 Å². The number of allylic oxidation sites excluding steroid dienone is 6. The van der Waals surface area contributed by atoms with E-state index in [0.717, 1.165) is 62.9 Å². The van der Waals surface area contributed by atoms with Crippen LogP contribution in [-0.2, 0) is 5.41 Å². The van der Waals surface area contributed by atoms with Gasteiger partial charge in [-0.25, -0.2) is 9.38 Å². The number of Topliss-reactive ketones (excluding diaryl/α,β-unsaturated/α-hetero) is 1. The molecule has 4 nitrogen and oxygen atoms in total. The number of carbonyl (C=O) groups excluding carboxylic acids is 1. The zero-order valence-corrected chi connectivity index (χ0v) is 27.4. The third-order valence-electron chi connectivity index (χ3n) is 8.09. The van der Waals surface area contributed by atoms with Crippen LogP contribution in [0.25, 0.3) is 5.70 Å². The van der Waals surface area contributed by atoms with Crippen LogP contribution in [0.3, 0.4) is 0 Å². The van der Waals surface area contributed by atoms with E-state index < -0.39 is 5.83 Å². The molecule has 1 aromatic heterocycles. The number of ketones is 1. The molecule has 2 heterocycles. The lowest BCUT2D eigenvalue weighted by Gasteiger charge is -2.29. The summed E-state index contributed by atoms with van der Waals surface area (Å²) in [6.45, 7) is 21.9. The summed E-state index contributed by atoms with van der Waals surface area (Å²) in [5.41, 5.74) is 2.89. The van der Waals surface area contributed by atoms with Gasteiger partial charge in [0.2, 0.25) is 0 Å². The van der Waals surface area contributed by atoms with Crippen LogP contribution in [0.1, 0.15) is 113 Å². The minimum atomic E-state index is -0.509. The summed E-state index contributed by atoms with van der Waals surface area (Å²) in [5, 5.41) is 3.20. The van der Waals surface area contributed by atoms with E-state index in [4.69, 9.17) is 0 Å². The van der Waals surface area contributed by atoms with Gasteiger partial charge in [-0.1, -0.05) is 65.3 Å². The number of likely N-dealkylation sites (tertiary alicyclic amines) is 1. The molecule has 1 aliphatic heterocycles. The van der Waals surface area contributed by atoms with Crippen molar-refractivity contribution in [1.29, 1.82) is 0 Å². The van der Waals surface area contributed by atoms with Crippen LogP contribution < -0.4 is 5.32 Å². The van der Waals surface area contributed by atoms with Crippen LogP contribution in [0, 0.1) is 5.92 Å². The largest absolute Gasteiger partial charge is 0.344 e. The fourth-order valence-electron chi connectivity index (χ4n) is 5.76. The zero-order valence-electron chi connectivity index (χ0n) is 26.5. The highest BCUT2D eigenvalue weighted by atomic mass is 32.1. The molecule has 0 aromatic carbocycles. The van der Waals surface area contributed by atoms with E-state index in [1.165, 1.54) is 29.4 Å². The van der Waals surface area contributed by atoms with Crippen molar-refractivity contribution in [1.82, 2.24) is 10.2 Å². The minimum Gasteiger partial charge on any atom is -0.344 e. The van der Waals surface area contributed by atoms with Crippen molar-refractivity contribution in [3.63, 3.8) is 0 Å². The first-order valence-electron chi connectivity index (χ1n) is 15.3. The molecule has 2 aliphatic rings. The molecule has 0 bridgehead atoms. The summed E-state index contributed by atoms with van der Waals surface area (Å²) in [4.78, 5) is 21.3. The van der Waals surface area contributed by atoms with Crippen LogP contribution in [0.2, 0.25) is 0 Å². The van der Waals surface area contributed by atoms with Crippen molar-refractivity contribution in [2.75, 3.05) is 20.1 Å². The van der Waals surface area contributed by atoms with E-state index in [1.807, 2.05) is 12.1 Å². The lowest BCUT2D eigenvalue weighted by atomic mass is 9.80. The van der Waals surface area contributed by atoms with Gasteiger partial charge in [0, 0.05) is 21.6 Å². The molecule has 3 rings (SSSR count). The molecule has 1 aromatic rings. The molecule has 2 fully saturated rings. The monoisotopic (exact) mass is 581 g/mol. The van der Waals surface area contributed by atoms with Crippen molar-refractivity contribution in [3.8, 4) is 0 Å². The Labute approximate surface area is 252 Å². The summed E-state index contributed by atoms with van der Waals surface area (Å²) in [5.74, 6) is 0.590.